The number of nitrogens with one attached hydrogen (secondary N) is 1. The number of sulfonamides is 1. The zero-order valence-electron chi connectivity index (χ0n) is 9.85. The SMILES string of the molecule is CCS(=O)(=O)NCc1cc2cccnc2cc1Br. The van der Waals surface area contributed by atoms with Gasteiger partial charge in [0.1, 0.15) is 0 Å². The predicted octanol–water partition coefficient (Wildman–Crippen LogP) is 2.44. The lowest BCUT2D eigenvalue weighted by Crippen LogP contribution is -2.24. The van der Waals surface area contributed by atoms with E-state index in [2.05, 4.69) is 25.6 Å². The Labute approximate surface area is 115 Å². The minimum atomic E-state index is -3.17. The molecule has 0 aliphatic carbocycles. The first-order valence-electron chi connectivity index (χ1n) is 5.52. The Morgan fingerprint density at radius 3 is 2.89 bits per heavy atom. The molecule has 0 aliphatic rings. The molecule has 0 unspecified atom stereocenters. The molecule has 96 valence electrons. The second-order valence-corrected chi connectivity index (χ2v) is 6.81. The van der Waals surface area contributed by atoms with E-state index in [0.717, 1.165) is 20.9 Å². The van der Waals surface area contributed by atoms with E-state index in [9.17, 15) is 8.42 Å². The van der Waals surface area contributed by atoms with Crippen molar-refractivity contribution >= 4 is 36.9 Å². The van der Waals surface area contributed by atoms with Crippen LogP contribution in [0.15, 0.2) is 34.9 Å². The Balaban J connectivity index is 2.31. The van der Waals surface area contributed by atoms with Crippen molar-refractivity contribution in [1.82, 2.24) is 9.71 Å². The number of hydrogen-bond acceptors (Lipinski definition) is 3. The van der Waals surface area contributed by atoms with Crippen molar-refractivity contribution in [2.45, 2.75) is 13.5 Å². The summed E-state index contributed by atoms with van der Waals surface area (Å²) < 4.78 is 26.2. The number of rotatable bonds is 4. The molecule has 0 saturated heterocycles. The van der Waals surface area contributed by atoms with Gasteiger partial charge in [-0.1, -0.05) is 22.0 Å². The van der Waals surface area contributed by atoms with Crippen molar-refractivity contribution in [3.63, 3.8) is 0 Å². The van der Waals surface area contributed by atoms with Gasteiger partial charge in [0.15, 0.2) is 0 Å². The van der Waals surface area contributed by atoms with Gasteiger partial charge in [-0.05, 0) is 30.7 Å². The largest absolute Gasteiger partial charge is 0.256 e. The molecule has 4 nitrogen and oxygen atoms in total. The number of hydrogen-bond donors (Lipinski definition) is 1. The molecule has 0 spiro atoms. The maximum atomic E-state index is 11.4. The van der Waals surface area contributed by atoms with Crippen molar-refractivity contribution in [3.05, 3.63) is 40.5 Å². The number of benzene rings is 1. The van der Waals surface area contributed by atoms with Gasteiger partial charge in [-0.25, -0.2) is 13.1 Å². The standard InChI is InChI=1S/C12H13BrN2O2S/c1-2-18(16,17)15-8-10-6-9-4-3-5-14-12(9)7-11(10)13/h3-7,15H,2,8H2,1H3. The lowest BCUT2D eigenvalue weighted by molar-refractivity contribution is 0.582. The molecular weight excluding hydrogens is 316 g/mol. The molecule has 0 amide bonds. The Kier molecular flexibility index (Phi) is 3.99. The Morgan fingerprint density at radius 2 is 2.17 bits per heavy atom. The fourth-order valence-corrected chi connectivity index (χ4v) is 2.62. The van der Waals surface area contributed by atoms with Crippen LogP contribution in [0, 0.1) is 0 Å². The van der Waals surface area contributed by atoms with E-state index in [4.69, 9.17) is 0 Å². The molecule has 1 heterocycles. The average Bonchev–Trinajstić information content (AvgIpc) is 2.36. The maximum Gasteiger partial charge on any atom is 0.211 e. The Morgan fingerprint density at radius 1 is 1.39 bits per heavy atom. The first-order valence-corrected chi connectivity index (χ1v) is 7.97. The van der Waals surface area contributed by atoms with Gasteiger partial charge in [-0.3, -0.25) is 4.98 Å². The summed E-state index contributed by atoms with van der Waals surface area (Å²) in [5.74, 6) is 0.0831. The van der Waals surface area contributed by atoms with Crippen LogP contribution in [0.25, 0.3) is 10.9 Å². The highest BCUT2D eigenvalue weighted by molar-refractivity contribution is 9.10. The van der Waals surface area contributed by atoms with Gasteiger partial charge < -0.3 is 0 Å². The van der Waals surface area contributed by atoms with Gasteiger partial charge in [0.25, 0.3) is 0 Å². The van der Waals surface area contributed by atoms with Crippen molar-refractivity contribution in [2.24, 2.45) is 0 Å². The molecule has 6 heteroatoms. The normalized spacial score (nSPS) is 11.9. The summed E-state index contributed by atoms with van der Waals surface area (Å²) in [6.07, 6.45) is 1.73. The molecule has 1 aromatic carbocycles. The molecule has 2 rings (SSSR count). The highest BCUT2D eigenvalue weighted by atomic mass is 79.9. The summed E-state index contributed by atoms with van der Waals surface area (Å²) in [6.45, 7) is 1.89. The highest BCUT2D eigenvalue weighted by Crippen LogP contribution is 2.23. The first kappa shape index (κ1) is 13.5. The highest BCUT2D eigenvalue weighted by Gasteiger charge is 2.09. The minimum absolute atomic E-state index is 0.0831. The van der Waals surface area contributed by atoms with Crippen molar-refractivity contribution in [2.75, 3.05) is 5.75 Å². The summed E-state index contributed by atoms with van der Waals surface area (Å²) >= 11 is 3.43. The third-order valence-corrected chi connectivity index (χ3v) is 4.72. The van der Waals surface area contributed by atoms with Crippen LogP contribution in [0.2, 0.25) is 0 Å². The van der Waals surface area contributed by atoms with Crippen molar-refractivity contribution in [3.8, 4) is 0 Å². The van der Waals surface area contributed by atoms with E-state index in [1.807, 2.05) is 24.3 Å². The van der Waals surface area contributed by atoms with Gasteiger partial charge in [0.2, 0.25) is 10.0 Å². The summed E-state index contributed by atoms with van der Waals surface area (Å²) in [6, 6.07) is 7.64. The van der Waals surface area contributed by atoms with Crippen LogP contribution in [0.5, 0.6) is 0 Å². The van der Waals surface area contributed by atoms with Crippen molar-refractivity contribution in [1.29, 1.82) is 0 Å². The molecular formula is C12H13BrN2O2S. The van der Waals surface area contributed by atoms with Crippen LogP contribution in [0.1, 0.15) is 12.5 Å². The number of pyridine rings is 1. The number of nitrogens with zero attached hydrogens (tertiary/aromatic N) is 1. The first-order chi connectivity index (χ1) is 8.52. The summed E-state index contributed by atoms with van der Waals surface area (Å²) in [5.41, 5.74) is 1.78. The lowest BCUT2D eigenvalue weighted by atomic mass is 10.1. The van der Waals surface area contributed by atoms with Gasteiger partial charge in [-0.15, -0.1) is 0 Å². The zero-order chi connectivity index (χ0) is 13.2. The second-order valence-electron chi connectivity index (χ2n) is 3.86. The minimum Gasteiger partial charge on any atom is -0.256 e. The molecule has 0 bridgehead atoms. The number of aromatic nitrogens is 1. The molecule has 1 N–H and O–H groups in total. The number of halogens is 1. The van der Waals surface area contributed by atoms with E-state index in [-0.39, 0.29) is 12.3 Å². The van der Waals surface area contributed by atoms with Gasteiger partial charge in [0, 0.05) is 22.6 Å². The van der Waals surface area contributed by atoms with E-state index < -0.39 is 10.0 Å². The molecule has 0 fully saturated rings. The third kappa shape index (κ3) is 3.07. The quantitative estimate of drug-likeness (QED) is 0.937. The van der Waals surface area contributed by atoms with Crippen molar-refractivity contribution < 1.29 is 8.42 Å². The molecule has 0 atom stereocenters. The molecule has 0 saturated carbocycles. The molecule has 0 radical (unpaired) electrons. The summed E-state index contributed by atoms with van der Waals surface area (Å²) in [5, 5.41) is 0.992. The van der Waals surface area contributed by atoms with Crippen LogP contribution < -0.4 is 4.72 Å². The third-order valence-electron chi connectivity index (χ3n) is 2.63. The fraction of sp³-hybridized carbons (Fsp3) is 0.250. The topological polar surface area (TPSA) is 59.1 Å². The molecule has 2 aromatic rings. The lowest BCUT2D eigenvalue weighted by Gasteiger charge is -2.08. The monoisotopic (exact) mass is 328 g/mol. The van der Waals surface area contributed by atoms with Gasteiger partial charge >= 0.3 is 0 Å². The molecule has 18 heavy (non-hydrogen) atoms. The Bertz CT molecular complexity index is 671. The summed E-state index contributed by atoms with van der Waals surface area (Å²) in [7, 11) is -3.17. The van der Waals surface area contributed by atoms with Crippen LogP contribution in [-0.2, 0) is 16.6 Å². The van der Waals surface area contributed by atoms with Gasteiger partial charge in [-0.2, -0.15) is 0 Å². The van der Waals surface area contributed by atoms with Crippen LogP contribution in [0.3, 0.4) is 0 Å². The molecule has 0 aliphatic heterocycles. The maximum absolute atomic E-state index is 11.4. The fourth-order valence-electron chi connectivity index (χ4n) is 1.57. The Hall–Kier alpha value is -0.980. The van der Waals surface area contributed by atoms with E-state index in [1.165, 1.54) is 0 Å². The van der Waals surface area contributed by atoms with E-state index in [1.54, 1.807) is 13.1 Å². The zero-order valence-corrected chi connectivity index (χ0v) is 12.3. The number of fused-ring (bicyclic) bond motifs is 1. The van der Waals surface area contributed by atoms with E-state index in [0.29, 0.717) is 0 Å². The van der Waals surface area contributed by atoms with Crippen LogP contribution in [-0.4, -0.2) is 19.2 Å². The smallest absolute Gasteiger partial charge is 0.211 e. The average molecular weight is 329 g/mol. The van der Waals surface area contributed by atoms with Crippen LogP contribution >= 0.6 is 15.9 Å². The second kappa shape index (κ2) is 5.34. The van der Waals surface area contributed by atoms with Crippen LogP contribution in [0.4, 0.5) is 0 Å². The van der Waals surface area contributed by atoms with Gasteiger partial charge in [0.05, 0.1) is 11.3 Å². The summed E-state index contributed by atoms with van der Waals surface area (Å²) in [4.78, 5) is 4.24. The predicted molar refractivity (Wildman–Crippen MR) is 75.7 cm³/mol. The molecule has 1 aromatic heterocycles. The van der Waals surface area contributed by atoms with E-state index >= 15 is 0 Å².